The van der Waals surface area contributed by atoms with Gasteiger partial charge in [-0.1, -0.05) is 11.8 Å². The lowest BCUT2D eigenvalue weighted by molar-refractivity contribution is -0.135. The van der Waals surface area contributed by atoms with Gasteiger partial charge in [-0.15, -0.1) is 0 Å². The molecule has 2 N–H and O–H groups in total. The molecule has 1 aromatic heterocycles. The van der Waals surface area contributed by atoms with Gasteiger partial charge < -0.3 is 10.1 Å². The second kappa shape index (κ2) is 7.91. The van der Waals surface area contributed by atoms with Crippen LogP contribution < -0.4 is 10.6 Å². The van der Waals surface area contributed by atoms with Gasteiger partial charge in [0, 0.05) is 11.8 Å². The van der Waals surface area contributed by atoms with Crippen molar-refractivity contribution in [2.45, 2.75) is 45.3 Å². The number of nitrogens with zero attached hydrogens (tertiary/aromatic N) is 2. The van der Waals surface area contributed by atoms with Crippen molar-refractivity contribution < 1.29 is 23.5 Å². The quantitative estimate of drug-likeness (QED) is 0.593. The van der Waals surface area contributed by atoms with Gasteiger partial charge in [0.15, 0.2) is 5.82 Å². The highest BCUT2D eigenvalue weighted by Gasteiger charge is 2.30. The first-order valence-electron chi connectivity index (χ1n) is 9.11. The number of fused-ring (bicyclic) bond motifs is 1. The first-order chi connectivity index (χ1) is 13.7. The van der Waals surface area contributed by atoms with Crippen LogP contribution in [0.4, 0.5) is 9.18 Å². The van der Waals surface area contributed by atoms with Crippen molar-refractivity contribution in [3.8, 4) is 11.8 Å². The molecule has 1 fully saturated rings. The van der Waals surface area contributed by atoms with E-state index in [9.17, 15) is 14.4 Å². The number of benzene rings is 1. The molecule has 152 valence electrons. The van der Waals surface area contributed by atoms with E-state index in [1.54, 1.807) is 26.8 Å². The number of rotatable bonds is 2. The number of imide groups is 1. The third-order valence-electron chi connectivity index (χ3n) is 4.15. The van der Waals surface area contributed by atoms with Crippen LogP contribution in [-0.4, -0.2) is 39.8 Å². The van der Waals surface area contributed by atoms with E-state index in [0.29, 0.717) is 5.39 Å². The lowest BCUT2D eigenvalue weighted by Gasteiger charge is -2.21. The van der Waals surface area contributed by atoms with E-state index < -0.39 is 29.5 Å². The van der Waals surface area contributed by atoms with Gasteiger partial charge in [0.1, 0.15) is 17.2 Å². The third kappa shape index (κ3) is 4.71. The fraction of sp³-hybridized carbons (Fsp3) is 0.400. The maximum Gasteiger partial charge on any atom is 0.408 e. The van der Waals surface area contributed by atoms with E-state index >= 15 is 4.39 Å². The van der Waals surface area contributed by atoms with Gasteiger partial charge in [0.2, 0.25) is 5.91 Å². The molecular formula is C20H21FN4O4. The molecule has 0 radical (unpaired) electrons. The predicted molar refractivity (Wildman–Crippen MR) is 102 cm³/mol. The number of halogens is 1. The van der Waals surface area contributed by atoms with Gasteiger partial charge in [-0.2, -0.15) is 5.10 Å². The van der Waals surface area contributed by atoms with Crippen LogP contribution in [0.3, 0.4) is 0 Å². The summed E-state index contributed by atoms with van der Waals surface area (Å²) in [6.07, 6.45) is 1.26. The standard InChI is InChI=1S/C20H21FN4O4/c1-20(2,3)29-19(28)22-10-4-5-12-6-7-13-11-23-25(17(13)16(12)21)14-8-9-15(26)24-18(14)27/h6-7,11,14H,8-10H2,1-3H3,(H,22,28)(H,24,26,27). The van der Waals surface area contributed by atoms with Crippen LogP contribution in [0.25, 0.3) is 10.9 Å². The van der Waals surface area contributed by atoms with E-state index in [4.69, 9.17) is 4.74 Å². The summed E-state index contributed by atoms with van der Waals surface area (Å²) in [7, 11) is 0. The third-order valence-corrected chi connectivity index (χ3v) is 4.15. The summed E-state index contributed by atoms with van der Waals surface area (Å²) in [5, 5.41) is 9.37. The zero-order chi connectivity index (χ0) is 21.2. The van der Waals surface area contributed by atoms with Gasteiger partial charge in [-0.05, 0) is 39.3 Å². The van der Waals surface area contributed by atoms with Crippen molar-refractivity contribution in [3.05, 3.63) is 29.7 Å². The molecule has 3 amide bonds. The number of piperidine rings is 1. The number of carbonyl (C=O) groups is 3. The summed E-state index contributed by atoms with van der Waals surface area (Å²) in [5.41, 5.74) is -0.368. The molecule has 1 unspecified atom stereocenters. The molecule has 1 aliphatic rings. The Morgan fingerprint density at radius 3 is 2.86 bits per heavy atom. The van der Waals surface area contributed by atoms with Crippen LogP contribution in [-0.2, 0) is 14.3 Å². The first-order valence-corrected chi connectivity index (χ1v) is 9.11. The van der Waals surface area contributed by atoms with Crippen LogP contribution >= 0.6 is 0 Å². The van der Waals surface area contributed by atoms with Crippen molar-refractivity contribution in [1.29, 1.82) is 0 Å². The van der Waals surface area contributed by atoms with Crippen molar-refractivity contribution >= 4 is 28.8 Å². The molecule has 3 rings (SSSR count). The first kappa shape index (κ1) is 20.3. The number of hydrogen-bond donors (Lipinski definition) is 2. The van der Waals surface area contributed by atoms with Crippen LogP contribution in [0.15, 0.2) is 18.3 Å². The van der Waals surface area contributed by atoms with Crippen LogP contribution in [0, 0.1) is 17.7 Å². The average molecular weight is 400 g/mol. The van der Waals surface area contributed by atoms with Gasteiger partial charge in [0.25, 0.3) is 5.91 Å². The zero-order valence-electron chi connectivity index (χ0n) is 16.3. The summed E-state index contributed by atoms with van der Waals surface area (Å²) >= 11 is 0. The van der Waals surface area contributed by atoms with Crippen LogP contribution in [0.1, 0.15) is 45.2 Å². The van der Waals surface area contributed by atoms with E-state index in [1.807, 2.05) is 0 Å². The summed E-state index contributed by atoms with van der Waals surface area (Å²) in [6.45, 7) is 5.22. The molecule has 1 saturated heterocycles. The predicted octanol–water partition coefficient (Wildman–Crippen LogP) is 2.03. The maximum atomic E-state index is 15.1. The Morgan fingerprint density at radius 2 is 2.17 bits per heavy atom. The highest BCUT2D eigenvalue weighted by molar-refractivity contribution is 6.00. The Bertz CT molecular complexity index is 1040. The second-order valence-electron chi connectivity index (χ2n) is 7.58. The summed E-state index contributed by atoms with van der Waals surface area (Å²) < 4.78 is 21.4. The molecule has 9 heteroatoms. The van der Waals surface area contributed by atoms with Crippen molar-refractivity contribution in [3.63, 3.8) is 0 Å². The highest BCUT2D eigenvalue weighted by atomic mass is 19.1. The molecule has 2 heterocycles. The Morgan fingerprint density at radius 1 is 1.41 bits per heavy atom. The lowest BCUT2D eigenvalue weighted by Crippen LogP contribution is -2.42. The van der Waals surface area contributed by atoms with Gasteiger partial charge in [-0.25, -0.2) is 13.9 Å². The summed E-state index contributed by atoms with van der Waals surface area (Å²) in [4.78, 5) is 35.1. The van der Waals surface area contributed by atoms with Crippen molar-refractivity contribution in [1.82, 2.24) is 20.4 Å². The zero-order valence-corrected chi connectivity index (χ0v) is 16.3. The van der Waals surface area contributed by atoms with E-state index in [0.717, 1.165) is 0 Å². The molecule has 0 aliphatic carbocycles. The molecule has 1 aromatic carbocycles. The fourth-order valence-corrected chi connectivity index (χ4v) is 2.92. The normalized spacial score (nSPS) is 16.8. The fourth-order valence-electron chi connectivity index (χ4n) is 2.92. The molecule has 0 saturated carbocycles. The summed E-state index contributed by atoms with van der Waals surface area (Å²) in [5.74, 6) is 3.86. The number of alkyl carbamates (subject to hydrolysis) is 1. The average Bonchev–Trinajstić information content (AvgIpc) is 3.03. The maximum absolute atomic E-state index is 15.1. The second-order valence-corrected chi connectivity index (χ2v) is 7.58. The topological polar surface area (TPSA) is 102 Å². The van der Waals surface area contributed by atoms with Gasteiger partial charge in [-0.3, -0.25) is 14.9 Å². The number of aromatic nitrogens is 2. The van der Waals surface area contributed by atoms with Crippen molar-refractivity contribution in [2.24, 2.45) is 0 Å². The minimum absolute atomic E-state index is 0.0151. The van der Waals surface area contributed by atoms with E-state index in [-0.39, 0.29) is 36.4 Å². The molecule has 2 aromatic rings. The minimum atomic E-state index is -0.767. The van der Waals surface area contributed by atoms with Crippen LogP contribution in [0.5, 0.6) is 0 Å². The summed E-state index contributed by atoms with van der Waals surface area (Å²) in [6, 6.07) is 2.39. The Kier molecular flexibility index (Phi) is 5.55. The molecular weight excluding hydrogens is 379 g/mol. The lowest BCUT2D eigenvalue weighted by atomic mass is 10.1. The van der Waals surface area contributed by atoms with Gasteiger partial charge in [0.05, 0.1) is 18.3 Å². The number of ether oxygens (including phenoxy) is 1. The molecule has 29 heavy (non-hydrogen) atoms. The molecule has 0 spiro atoms. The number of carbonyl (C=O) groups excluding carboxylic acids is 3. The number of nitrogens with one attached hydrogen (secondary N) is 2. The Hall–Kier alpha value is -3.41. The largest absolute Gasteiger partial charge is 0.444 e. The van der Waals surface area contributed by atoms with Gasteiger partial charge >= 0.3 is 6.09 Å². The SMILES string of the molecule is CC(C)(C)OC(=O)NCC#Cc1ccc2cnn(C3CCC(=O)NC3=O)c2c1F. The Balaban J connectivity index is 1.79. The number of amides is 3. The van der Waals surface area contributed by atoms with E-state index in [2.05, 4.69) is 27.6 Å². The van der Waals surface area contributed by atoms with E-state index in [1.165, 1.54) is 16.9 Å². The molecule has 1 aliphatic heterocycles. The van der Waals surface area contributed by atoms with Crippen molar-refractivity contribution in [2.75, 3.05) is 6.54 Å². The minimum Gasteiger partial charge on any atom is -0.444 e. The smallest absolute Gasteiger partial charge is 0.408 e. The highest BCUT2D eigenvalue weighted by Crippen LogP contribution is 2.27. The monoisotopic (exact) mass is 400 g/mol. The van der Waals surface area contributed by atoms with Crippen LogP contribution in [0.2, 0.25) is 0 Å². The molecule has 1 atom stereocenters. The molecule has 8 nitrogen and oxygen atoms in total. The molecule has 0 bridgehead atoms. The Labute approximate surface area is 166 Å². The number of hydrogen-bond acceptors (Lipinski definition) is 5.